The van der Waals surface area contributed by atoms with E-state index in [1.807, 2.05) is 0 Å². The molecule has 1 N–H and O–H groups in total. The maximum atomic E-state index is 12.8. The number of pyridine rings is 1. The highest BCUT2D eigenvalue weighted by Crippen LogP contribution is 2.25. The van der Waals surface area contributed by atoms with E-state index in [0.717, 1.165) is 0 Å². The van der Waals surface area contributed by atoms with E-state index in [2.05, 4.69) is 25.6 Å². The van der Waals surface area contributed by atoms with Crippen LogP contribution in [0.15, 0.2) is 58.0 Å². The number of hydrogen-bond acceptors (Lipinski definition) is 4. The minimum atomic E-state index is -4.06. The number of fused-ring (bicyclic) bond motifs is 1. The molecule has 0 aliphatic rings. The van der Waals surface area contributed by atoms with E-state index in [-0.39, 0.29) is 11.3 Å². The summed E-state index contributed by atoms with van der Waals surface area (Å²) >= 11 is 9.28. The normalized spacial score (nSPS) is 11.5. The van der Waals surface area contributed by atoms with Crippen LogP contribution < -0.4 is 4.72 Å². The van der Waals surface area contributed by atoms with Gasteiger partial charge >= 0.3 is 0 Å². The second-order valence-corrected chi connectivity index (χ2v) is 8.62. The molecule has 0 fully saturated rings. The van der Waals surface area contributed by atoms with Gasteiger partial charge in [0, 0.05) is 16.1 Å². The van der Waals surface area contributed by atoms with Gasteiger partial charge in [-0.05, 0) is 52.2 Å². The molecule has 0 aliphatic carbocycles. The van der Waals surface area contributed by atoms with Crippen molar-refractivity contribution in [1.82, 2.24) is 9.71 Å². The number of aromatic nitrogens is 1. The molecule has 5 nitrogen and oxygen atoms in total. The Bertz CT molecular complexity index is 1120. The molecule has 0 spiro atoms. The Morgan fingerprint density at radius 1 is 1.23 bits per heavy atom. The van der Waals surface area contributed by atoms with Crippen molar-refractivity contribution in [1.29, 1.82) is 0 Å². The van der Waals surface area contributed by atoms with Gasteiger partial charge in [-0.2, -0.15) is 0 Å². The number of sulfonamides is 1. The Balaban J connectivity index is 1.90. The third kappa shape index (κ3) is 3.90. The van der Waals surface area contributed by atoms with E-state index < -0.39 is 15.9 Å². The average molecular weight is 454 g/mol. The van der Waals surface area contributed by atoms with Crippen LogP contribution in [-0.2, 0) is 21.2 Å². The van der Waals surface area contributed by atoms with Crippen LogP contribution in [-0.4, -0.2) is 19.3 Å². The molecule has 0 radical (unpaired) electrons. The van der Waals surface area contributed by atoms with E-state index in [9.17, 15) is 13.2 Å². The van der Waals surface area contributed by atoms with Crippen molar-refractivity contribution >= 4 is 54.4 Å². The summed E-state index contributed by atoms with van der Waals surface area (Å²) in [4.78, 5) is 16.5. The summed E-state index contributed by atoms with van der Waals surface area (Å²) in [6.07, 6.45) is 1.41. The van der Waals surface area contributed by atoms with Gasteiger partial charge < -0.3 is 0 Å². The van der Waals surface area contributed by atoms with Gasteiger partial charge in [0.2, 0.25) is 5.91 Å². The number of benzene rings is 2. The zero-order valence-corrected chi connectivity index (χ0v) is 16.8. The highest BCUT2D eigenvalue weighted by atomic mass is 79.9. The highest BCUT2D eigenvalue weighted by Gasteiger charge is 2.23. The fourth-order valence-electron chi connectivity index (χ4n) is 2.63. The molecule has 3 aromatic rings. The molecule has 0 atom stereocenters. The summed E-state index contributed by atoms with van der Waals surface area (Å²) in [7, 11) is -4.06. The number of aryl methyl sites for hydroxylation is 1. The lowest BCUT2D eigenvalue weighted by Crippen LogP contribution is -2.32. The molecule has 0 unspecified atom stereocenters. The Morgan fingerprint density at radius 3 is 2.73 bits per heavy atom. The number of rotatable bonds is 4. The molecule has 26 heavy (non-hydrogen) atoms. The molecule has 3 rings (SSSR count). The summed E-state index contributed by atoms with van der Waals surface area (Å²) in [5.74, 6) is -0.643. The summed E-state index contributed by atoms with van der Waals surface area (Å²) in [5, 5.41) is 1.14. The van der Waals surface area contributed by atoms with Gasteiger partial charge in [-0.15, -0.1) is 0 Å². The third-order valence-corrected chi connectivity index (χ3v) is 6.57. The first-order valence-electron chi connectivity index (χ1n) is 7.62. The lowest BCUT2D eigenvalue weighted by Gasteiger charge is -2.12. The van der Waals surface area contributed by atoms with Crippen molar-refractivity contribution in [2.45, 2.75) is 18.2 Å². The SMILES string of the molecule is Cc1ccc2cccnc2c1S(=O)(=O)NC(=O)Cc1ccc(Br)c(Cl)c1. The van der Waals surface area contributed by atoms with Crippen molar-refractivity contribution in [3.05, 3.63) is 69.3 Å². The monoisotopic (exact) mass is 452 g/mol. The average Bonchev–Trinajstić information content (AvgIpc) is 2.57. The molecular weight excluding hydrogens is 440 g/mol. The van der Waals surface area contributed by atoms with E-state index in [4.69, 9.17) is 11.6 Å². The van der Waals surface area contributed by atoms with Gasteiger partial charge in [-0.3, -0.25) is 9.78 Å². The highest BCUT2D eigenvalue weighted by molar-refractivity contribution is 9.10. The van der Waals surface area contributed by atoms with Crippen LogP contribution in [0.3, 0.4) is 0 Å². The van der Waals surface area contributed by atoms with Crippen molar-refractivity contribution in [3.8, 4) is 0 Å². The summed E-state index contributed by atoms with van der Waals surface area (Å²) in [6, 6.07) is 12.0. The van der Waals surface area contributed by atoms with Crippen molar-refractivity contribution in [2.75, 3.05) is 0 Å². The number of amides is 1. The molecular formula is C18H14BrClN2O3S. The van der Waals surface area contributed by atoms with Crippen molar-refractivity contribution < 1.29 is 13.2 Å². The minimum Gasteiger partial charge on any atom is -0.274 e. The largest absolute Gasteiger partial charge is 0.274 e. The molecule has 1 amide bonds. The second-order valence-electron chi connectivity index (χ2n) is 5.74. The molecule has 1 aromatic heterocycles. The van der Waals surface area contributed by atoms with Crippen LogP contribution in [0.1, 0.15) is 11.1 Å². The van der Waals surface area contributed by atoms with Crippen LogP contribution >= 0.6 is 27.5 Å². The first-order valence-corrected chi connectivity index (χ1v) is 10.3. The lowest BCUT2D eigenvalue weighted by molar-refractivity contribution is -0.118. The molecule has 0 bridgehead atoms. The van der Waals surface area contributed by atoms with Crippen LogP contribution in [0.25, 0.3) is 10.9 Å². The zero-order chi connectivity index (χ0) is 18.9. The van der Waals surface area contributed by atoms with Crippen LogP contribution in [0, 0.1) is 6.92 Å². The minimum absolute atomic E-state index is 0.0118. The van der Waals surface area contributed by atoms with Gasteiger partial charge in [-0.1, -0.05) is 35.9 Å². The molecule has 0 saturated carbocycles. The van der Waals surface area contributed by atoms with Crippen LogP contribution in [0.5, 0.6) is 0 Å². The van der Waals surface area contributed by atoms with E-state index in [1.54, 1.807) is 49.4 Å². The van der Waals surface area contributed by atoms with Crippen LogP contribution in [0.4, 0.5) is 0 Å². The molecule has 134 valence electrons. The van der Waals surface area contributed by atoms with Gasteiger partial charge in [0.1, 0.15) is 4.90 Å². The Labute approximate surface area is 164 Å². The molecule has 1 heterocycles. The van der Waals surface area contributed by atoms with Crippen LogP contribution in [0.2, 0.25) is 5.02 Å². The molecule has 8 heteroatoms. The smallest absolute Gasteiger partial charge is 0.266 e. The Hall–Kier alpha value is -1.96. The second kappa shape index (κ2) is 7.34. The number of hydrogen-bond donors (Lipinski definition) is 1. The predicted octanol–water partition coefficient (Wildman–Crippen LogP) is 4.01. The fourth-order valence-corrected chi connectivity index (χ4v) is 4.47. The van der Waals surface area contributed by atoms with Gasteiger partial charge in [0.05, 0.1) is 17.0 Å². The maximum absolute atomic E-state index is 12.8. The van der Waals surface area contributed by atoms with E-state index >= 15 is 0 Å². The zero-order valence-electron chi connectivity index (χ0n) is 13.7. The summed E-state index contributed by atoms with van der Waals surface area (Å²) in [6.45, 7) is 1.67. The Kier molecular flexibility index (Phi) is 5.32. The number of carbonyl (C=O) groups is 1. The fraction of sp³-hybridized carbons (Fsp3) is 0.111. The quantitative estimate of drug-likeness (QED) is 0.648. The third-order valence-electron chi connectivity index (χ3n) is 3.79. The number of halogens is 2. The molecule has 0 aliphatic heterocycles. The molecule has 2 aromatic carbocycles. The first-order chi connectivity index (χ1) is 12.3. The van der Waals surface area contributed by atoms with Crippen molar-refractivity contribution in [3.63, 3.8) is 0 Å². The lowest BCUT2D eigenvalue weighted by atomic mass is 10.1. The Morgan fingerprint density at radius 2 is 2.00 bits per heavy atom. The maximum Gasteiger partial charge on any atom is 0.266 e. The number of carbonyl (C=O) groups excluding carboxylic acids is 1. The van der Waals surface area contributed by atoms with Gasteiger partial charge in [0.25, 0.3) is 10.0 Å². The first kappa shape index (κ1) is 18.8. The predicted molar refractivity (Wildman–Crippen MR) is 105 cm³/mol. The standard InChI is InChI=1S/C18H14BrClN2O3S/c1-11-4-6-13-3-2-8-21-17(13)18(11)26(24,25)22-16(23)10-12-5-7-14(19)15(20)9-12/h2-9H,10H2,1H3,(H,22,23). The van der Waals surface area contributed by atoms with Gasteiger partial charge in [0.15, 0.2) is 0 Å². The summed E-state index contributed by atoms with van der Waals surface area (Å²) < 4.78 is 28.4. The van der Waals surface area contributed by atoms with Crippen molar-refractivity contribution in [2.24, 2.45) is 0 Å². The van der Waals surface area contributed by atoms with E-state index in [0.29, 0.717) is 31.5 Å². The van der Waals surface area contributed by atoms with Gasteiger partial charge in [-0.25, -0.2) is 13.1 Å². The topological polar surface area (TPSA) is 76.1 Å². The number of nitrogens with one attached hydrogen (secondary N) is 1. The van der Waals surface area contributed by atoms with E-state index in [1.165, 1.54) is 6.20 Å². The summed E-state index contributed by atoms with van der Waals surface area (Å²) in [5.41, 5.74) is 1.46. The molecule has 0 saturated heterocycles. The number of nitrogens with zero attached hydrogens (tertiary/aromatic N) is 1.